The maximum Gasteiger partial charge on any atom is 0.266 e. The van der Waals surface area contributed by atoms with Crippen LogP contribution in [0.1, 0.15) is 55.8 Å². The second-order valence-corrected chi connectivity index (χ2v) is 8.97. The number of aryl methyl sites for hydroxylation is 1. The van der Waals surface area contributed by atoms with Gasteiger partial charge in [-0.3, -0.25) is 14.2 Å². The molecular weight excluding hydrogens is 461 g/mol. The van der Waals surface area contributed by atoms with E-state index in [4.69, 9.17) is 0 Å². The summed E-state index contributed by atoms with van der Waals surface area (Å²) in [4.78, 5) is 30.7. The summed E-state index contributed by atoms with van der Waals surface area (Å²) in [6.45, 7) is 3.75. The number of alkyl halides is 2. The molecule has 4 rings (SSSR count). The molecule has 7 nitrogen and oxygen atoms in total. The van der Waals surface area contributed by atoms with Crippen molar-refractivity contribution in [1.82, 2.24) is 14.5 Å². The standard InChI is InChI=1S/C25H27F3N4O3/c1-14(16-5-4-6-17(21(16)26)22(27)28)30-20-7-10-29-23-18(20)13-19(24(34)31(23)3)25(35)8-11-32(12-9-25)15(2)33/h4-7,10,13-14,22,35H,8-9,11-12H2,1-3H3,(H,29,30)/t14-/m1/s1. The highest BCUT2D eigenvalue weighted by Gasteiger charge is 2.37. The van der Waals surface area contributed by atoms with Crippen molar-refractivity contribution in [2.45, 2.75) is 44.8 Å². The second kappa shape index (κ2) is 9.33. The predicted octanol–water partition coefficient (Wildman–Crippen LogP) is 4.01. The average Bonchev–Trinajstić information content (AvgIpc) is 2.81. The number of pyridine rings is 2. The first-order valence-corrected chi connectivity index (χ1v) is 11.3. The Balaban J connectivity index is 1.75. The molecule has 2 aromatic heterocycles. The van der Waals surface area contributed by atoms with Gasteiger partial charge in [-0.05, 0) is 31.9 Å². The monoisotopic (exact) mass is 488 g/mol. The maximum absolute atomic E-state index is 14.7. The minimum absolute atomic E-state index is 0.0769. The number of rotatable bonds is 5. The number of hydrogen-bond acceptors (Lipinski definition) is 5. The summed E-state index contributed by atoms with van der Waals surface area (Å²) < 4.78 is 42.4. The summed E-state index contributed by atoms with van der Waals surface area (Å²) in [5, 5.41) is 15.0. The molecule has 35 heavy (non-hydrogen) atoms. The molecule has 1 aliphatic heterocycles. The highest BCUT2D eigenvalue weighted by molar-refractivity contribution is 5.89. The molecule has 1 saturated heterocycles. The minimum Gasteiger partial charge on any atom is -0.385 e. The van der Waals surface area contributed by atoms with Gasteiger partial charge in [-0.1, -0.05) is 18.2 Å². The van der Waals surface area contributed by atoms with Gasteiger partial charge in [-0.25, -0.2) is 18.2 Å². The van der Waals surface area contributed by atoms with Crippen molar-refractivity contribution in [2.75, 3.05) is 18.4 Å². The number of likely N-dealkylation sites (tertiary alicyclic amines) is 1. The molecule has 0 spiro atoms. The second-order valence-electron chi connectivity index (χ2n) is 8.97. The highest BCUT2D eigenvalue weighted by Crippen LogP contribution is 2.35. The number of aliphatic hydroxyl groups is 1. The third-order valence-electron chi connectivity index (χ3n) is 6.78. The van der Waals surface area contributed by atoms with Crippen molar-refractivity contribution < 1.29 is 23.1 Å². The summed E-state index contributed by atoms with van der Waals surface area (Å²) in [6, 6.07) is 6.42. The van der Waals surface area contributed by atoms with Crippen LogP contribution in [0.15, 0.2) is 41.3 Å². The Morgan fingerprint density at radius 2 is 1.86 bits per heavy atom. The normalized spacial score (nSPS) is 16.5. The Kier molecular flexibility index (Phi) is 6.59. The molecule has 10 heteroatoms. The Labute approximate surface area is 200 Å². The van der Waals surface area contributed by atoms with Gasteiger partial charge >= 0.3 is 0 Å². The third kappa shape index (κ3) is 4.50. The number of benzene rings is 1. The summed E-state index contributed by atoms with van der Waals surface area (Å²) in [5.41, 5.74) is -1.37. The Morgan fingerprint density at radius 3 is 2.49 bits per heavy atom. The van der Waals surface area contributed by atoms with Crippen LogP contribution in [0, 0.1) is 5.82 Å². The van der Waals surface area contributed by atoms with E-state index in [1.165, 1.54) is 29.8 Å². The number of carbonyl (C=O) groups excluding carboxylic acids is 1. The highest BCUT2D eigenvalue weighted by atomic mass is 19.3. The molecule has 2 N–H and O–H groups in total. The molecule has 3 heterocycles. The molecule has 3 aromatic rings. The van der Waals surface area contributed by atoms with Gasteiger partial charge in [-0.2, -0.15) is 0 Å². The van der Waals surface area contributed by atoms with E-state index in [0.717, 1.165) is 6.07 Å². The van der Waals surface area contributed by atoms with E-state index in [0.29, 0.717) is 29.8 Å². The zero-order valence-electron chi connectivity index (χ0n) is 19.7. The van der Waals surface area contributed by atoms with Gasteiger partial charge in [0.05, 0.1) is 17.2 Å². The van der Waals surface area contributed by atoms with Crippen LogP contribution in [0.25, 0.3) is 11.0 Å². The lowest BCUT2D eigenvalue weighted by molar-refractivity contribution is -0.133. The summed E-state index contributed by atoms with van der Waals surface area (Å²) in [5.74, 6) is -1.06. The first-order chi connectivity index (χ1) is 16.5. The summed E-state index contributed by atoms with van der Waals surface area (Å²) in [7, 11) is 1.55. The van der Waals surface area contributed by atoms with Crippen molar-refractivity contribution in [2.24, 2.45) is 7.05 Å². The van der Waals surface area contributed by atoms with Crippen LogP contribution >= 0.6 is 0 Å². The quantitative estimate of drug-likeness (QED) is 0.567. The Hall–Kier alpha value is -3.40. The average molecular weight is 489 g/mol. The molecule has 0 aliphatic carbocycles. The first-order valence-electron chi connectivity index (χ1n) is 11.3. The van der Waals surface area contributed by atoms with Crippen LogP contribution in [0.5, 0.6) is 0 Å². The van der Waals surface area contributed by atoms with Crippen LogP contribution in [0.4, 0.5) is 18.9 Å². The van der Waals surface area contributed by atoms with Crippen molar-refractivity contribution in [3.63, 3.8) is 0 Å². The number of piperidine rings is 1. The number of anilines is 1. The smallest absolute Gasteiger partial charge is 0.266 e. The van der Waals surface area contributed by atoms with Crippen LogP contribution in [0.2, 0.25) is 0 Å². The third-order valence-corrected chi connectivity index (χ3v) is 6.78. The van der Waals surface area contributed by atoms with E-state index >= 15 is 0 Å². The Bertz CT molecular complexity index is 1330. The lowest BCUT2D eigenvalue weighted by Gasteiger charge is -2.38. The van der Waals surface area contributed by atoms with Crippen molar-refractivity contribution in [3.8, 4) is 0 Å². The predicted molar refractivity (Wildman–Crippen MR) is 126 cm³/mol. The van der Waals surface area contributed by atoms with Gasteiger partial charge in [0.15, 0.2) is 0 Å². The molecule has 1 amide bonds. The fourth-order valence-electron chi connectivity index (χ4n) is 4.66. The number of hydrogen-bond donors (Lipinski definition) is 2. The fourth-order valence-corrected chi connectivity index (χ4v) is 4.66. The largest absolute Gasteiger partial charge is 0.385 e. The summed E-state index contributed by atoms with van der Waals surface area (Å²) >= 11 is 0. The van der Waals surface area contributed by atoms with Gasteiger partial charge < -0.3 is 15.3 Å². The molecule has 1 atom stereocenters. The van der Waals surface area contributed by atoms with Crippen LogP contribution < -0.4 is 10.9 Å². The number of nitrogens with zero attached hydrogens (tertiary/aromatic N) is 3. The van der Waals surface area contributed by atoms with E-state index in [-0.39, 0.29) is 29.9 Å². The lowest BCUT2D eigenvalue weighted by Crippen LogP contribution is -2.47. The molecule has 0 unspecified atom stereocenters. The number of carbonyl (C=O) groups is 1. The number of aromatic nitrogens is 2. The zero-order chi connectivity index (χ0) is 25.5. The van der Waals surface area contributed by atoms with Crippen molar-refractivity contribution >= 4 is 22.6 Å². The SMILES string of the molecule is CC(=O)N1CCC(O)(c2cc3c(N[C@H](C)c4cccc(C(F)F)c4F)ccnc3n(C)c2=O)CC1. The Morgan fingerprint density at radius 1 is 1.20 bits per heavy atom. The molecular formula is C25H27F3N4O3. The number of fused-ring (bicyclic) bond motifs is 1. The molecule has 0 radical (unpaired) electrons. The molecule has 1 aliphatic rings. The van der Waals surface area contributed by atoms with E-state index < -0.39 is 35.0 Å². The van der Waals surface area contributed by atoms with Crippen LogP contribution in [-0.4, -0.2) is 38.6 Å². The van der Waals surface area contributed by atoms with Crippen LogP contribution in [0.3, 0.4) is 0 Å². The first kappa shape index (κ1) is 24.7. The van der Waals surface area contributed by atoms with Gasteiger partial charge in [0.1, 0.15) is 11.5 Å². The van der Waals surface area contributed by atoms with E-state index in [1.807, 2.05) is 0 Å². The van der Waals surface area contributed by atoms with Gasteiger partial charge in [0.25, 0.3) is 12.0 Å². The summed E-state index contributed by atoms with van der Waals surface area (Å²) in [6.07, 6.45) is -1.03. The number of amides is 1. The number of halogens is 3. The number of nitrogens with one attached hydrogen (secondary N) is 1. The maximum atomic E-state index is 14.7. The van der Waals surface area contributed by atoms with Gasteiger partial charge in [0.2, 0.25) is 5.91 Å². The fraction of sp³-hybridized carbons (Fsp3) is 0.400. The lowest BCUT2D eigenvalue weighted by atomic mass is 9.84. The van der Waals surface area contributed by atoms with Crippen molar-refractivity contribution in [3.05, 3.63) is 69.4 Å². The van der Waals surface area contributed by atoms with E-state index in [1.54, 1.807) is 31.0 Å². The molecule has 1 aromatic carbocycles. The van der Waals surface area contributed by atoms with E-state index in [2.05, 4.69) is 10.3 Å². The minimum atomic E-state index is -2.93. The van der Waals surface area contributed by atoms with Gasteiger partial charge in [0, 0.05) is 55.5 Å². The molecule has 186 valence electrons. The van der Waals surface area contributed by atoms with Crippen LogP contribution in [-0.2, 0) is 17.4 Å². The topological polar surface area (TPSA) is 87.5 Å². The molecule has 0 saturated carbocycles. The molecule has 0 bridgehead atoms. The zero-order valence-corrected chi connectivity index (χ0v) is 19.7. The van der Waals surface area contributed by atoms with Gasteiger partial charge in [-0.15, -0.1) is 0 Å². The molecule has 1 fully saturated rings. The van der Waals surface area contributed by atoms with Crippen molar-refractivity contribution in [1.29, 1.82) is 0 Å². The van der Waals surface area contributed by atoms with E-state index in [9.17, 15) is 27.9 Å².